The minimum atomic E-state index is 0.882. The number of hydrogen-bond acceptors (Lipinski definition) is 2. The summed E-state index contributed by atoms with van der Waals surface area (Å²) in [4.78, 5) is 2.35. The first-order valence-electron chi connectivity index (χ1n) is 19.1. The van der Waals surface area contributed by atoms with Crippen molar-refractivity contribution in [2.45, 2.75) is 0 Å². The fourth-order valence-electron chi connectivity index (χ4n) is 7.71. The number of anilines is 3. The van der Waals surface area contributed by atoms with Gasteiger partial charge in [0.1, 0.15) is 11.3 Å². The van der Waals surface area contributed by atoms with Crippen molar-refractivity contribution in [3.05, 3.63) is 224 Å². The van der Waals surface area contributed by atoms with E-state index in [0.717, 1.165) is 44.9 Å². The molecule has 0 fully saturated rings. The zero-order valence-corrected chi connectivity index (χ0v) is 30.7. The Hall–Kier alpha value is -7.42. The molecule has 0 radical (unpaired) electrons. The van der Waals surface area contributed by atoms with Crippen molar-refractivity contribution in [1.82, 2.24) is 0 Å². The lowest BCUT2D eigenvalue weighted by Gasteiger charge is -2.26. The van der Waals surface area contributed by atoms with E-state index in [1.807, 2.05) is 18.2 Å². The molecule has 0 saturated heterocycles. The SMILES string of the molecule is c1ccc(-c2cccc(-c3ccc(N(c4ccc(-c5ccc(-c6cccc(-c7cc8ccccc8o7)c6)cc5)cc4)c4ccc5ccccc5c4)cc3)c2)cc1. The van der Waals surface area contributed by atoms with Crippen molar-refractivity contribution in [3.63, 3.8) is 0 Å². The number of rotatable bonds is 8. The molecule has 0 aliphatic heterocycles. The van der Waals surface area contributed by atoms with Crippen molar-refractivity contribution in [1.29, 1.82) is 0 Å². The van der Waals surface area contributed by atoms with E-state index in [0.29, 0.717) is 0 Å². The molecule has 9 aromatic carbocycles. The molecule has 1 heterocycles. The molecule has 1 aromatic heterocycles. The van der Waals surface area contributed by atoms with Crippen LogP contribution >= 0.6 is 0 Å². The normalized spacial score (nSPS) is 11.2. The zero-order chi connectivity index (χ0) is 37.3. The van der Waals surface area contributed by atoms with Gasteiger partial charge in [-0.25, -0.2) is 0 Å². The van der Waals surface area contributed by atoms with Gasteiger partial charge < -0.3 is 9.32 Å². The predicted octanol–water partition coefficient (Wildman–Crippen LogP) is 15.4. The van der Waals surface area contributed by atoms with Crippen molar-refractivity contribution >= 4 is 38.8 Å². The van der Waals surface area contributed by atoms with Crippen LogP contribution in [0.4, 0.5) is 17.1 Å². The first-order chi connectivity index (χ1) is 27.7. The number of para-hydroxylation sites is 1. The number of benzene rings is 9. The fourth-order valence-corrected chi connectivity index (χ4v) is 7.71. The van der Waals surface area contributed by atoms with Gasteiger partial charge in [-0.3, -0.25) is 0 Å². The van der Waals surface area contributed by atoms with E-state index < -0.39 is 0 Å². The van der Waals surface area contributed by atoms with Gasteiger partial charge >= 0.3 is 0 Å². The molecule has 56 heavy (non-hydrogen) atoms. The Labute approximate surface area is 327 Å². The summed E-state index contributed by atoms with van der Waals surface area (Å²) in [5.41, 5.74) is 14.8. The molecule has 2 nitrogen and oxygen atoms in total. The average molecular weight is 716 g/mol. The summed E-state index contributed by atoms with van der Waals surface area (Å²) in [6, 6.07) is 80.1. The second-order valence-electron chi connectivity index (χ2n) is 14.2. The van der Waals surface area contributed by atoms with Gasteiger partial charge in [0.25, 0.3) is 0 Å². The van der Waals surface area contributed by atoms with Crippen LogP contribution in [0.3, 0.4) is 0 Å². The van der Waals surface area contributed by atoms with Crippen LogP contribution in [0.5, 0.6) is 0 Å². The molecular formula is C54H37NO. The Bertz CT molecular complexity index is 2910. The van der Waals surface area contributed by atoms with Gasteiger partial charge in [-0.2, -0.15) is 0 Å². The highest BCUT2D eigenvalue weighted by atomic mass is 16.3. The molecule has 0 amide bonds. The molecule has 10 rings (SSSR count). The van der Waals surface area contributed by atoms with Crippen molar-refractivity contribution in [2.24, 2.45) is 0 Å². The molecule has 10 aromatic rings. The lowest BCUT2D eigenvalue weighted by molar-refractivity contribution is 0.631. The summed E-state index contributed by atoms with van der Waals surface area (Å²) in [7, 11) is 0. The van der Waals surface area contributed by atoms with Gasteiger partial charge in [0.2, 0.25) is 0 Å². The average Bonchev–Trinajstić information content (AvgIpc) is 3.72. The second kappa shape index (κ2) is 14.4. The van der Waals surface area contributed by atoms with Crippen molar-refractivity contribution in [2.75, 3.05) is 4.90 Å². The lowest BCUT2D eigenvalue weighted by Crippen LogP contribution is -2.09. The molecule has 264 valence electrons. The number of furan rings is 1. The standard InChI is InChI=1S/C54H37NO/c1-2-10-38(11-3-1)44-15-8-16-45(34-44)43-26-31-51(32-27-43)55(52-33-28-39-12-4-5-13-47(39)36-52)50-29-24-41(25-30-50)40-20-22-42(23-21-40)46-17-9-18-48(35-46)54-37-49-14-6-7-19-53(49)56-54/h1-37H. The fraction of sp³-hybridized carbons (Fsp3) is 0. The van der Waals surface area contributed by atoms with Crippen molar-refractivity contribution < 1.29 is 4.42 Å². The molecular weight excluding hydrogens is 679 g/mol. The topological polar surface area (TPSA) is 16.4 Å². The molecule has 2 heteroatoms. The smallest absolute Gasteiger partial charge is 0.135 e. The monoisotopic (exact) mass is 715 g/mol. The highest BCUT2D eigenvalue weighted by Crippen LogP contribution is 2.39. The van der Waals surface area contributed by atoms with Crippen LogP contribution in [0.1, 0.15) is 0 Å². The van der Waals surface area contributed by atoms with Crippen LogP contribution in [0, 0.1) is 0 Å². The third-order valence-electron chi connectivity index (χ3n) is 10.7. The molecule has 0 spiro atoms. The van der Waals surface area contributed by atoms with Crippen LogP contribution in [0.15, 0.2) is 229 Å². The zero-order valence-electron chi connectivity index (χ0n) is 30.7. The summed E-state index contributed by atoms with van der Waals surface area (Å²) in [5, 5.41) is 3.55. The predicted molar refractivity (Wildman–Crippen MR) is 236 cm³/mol. The molecule has 0 N–H and O–H groups in total. The molecule has 0 bridgehead atoms. The minimum absolute atomic E-state index is 0.882. The minimum Gasteiger partial charge on any atom is -0.456 e. The van der Waals surface area contributed by atoms with E-state index in [9.17, 15) is 0 Å². The van der Waals surface area contributed by atoms with Crippen LogP contribution in [0.25, 0.3) is 77.6 Å². The van der Waals surface area contributed by atoms with Crippen LogP contribution in [-0.4, -0.2) is 0 Å². The first kappa shape index (κ1) is 33.2. The summed E-state index contributed by atoms with van der Waals surface area (Å²) in [5.74, 6) is 0.882. The Kier molecular flexibility index (Phi) is 8.55. The molecule has 0 aliphatic carbocycles. The summed E-state index contributed by atoms with van der Waals surface area (Å²) in [6.45, 7) is 0. The van der Waals surface area contributed by atoms with Crippen LogP contribution in [-0.2, 0) is 0 Å². The Morgan fingerprint density at radius 1 is 0.250 bits per heavy atom. The van der Waals surface area contributed by atoms with Gasteiger partial charge in [-0.05, 0) is 116 Å². The largest absolute Gasteiger partial charge is 0.456 e. The molecule has 0 saturated carbocycles. The Balaban J connectivity index is 0.944. The van der Waals surface area contributed by atoms with E-state index in [4.69, 9.17) is 4.42 Å². The van der Waals surface area contributed by atoms with Crippen molar-refractivity contribution in [3.8, 4) is 55.8 Å². The quantitative estimate of drug-likeness (QED) is 0.156. The van der Waals surface area contributed by atoms with Gasteiger partial charge in [0.05, 0.1) is 0 Å². The van der Waals surface area contributed by atoms with E-state index in [1.54, 1.807) is 0 Å². The summed E-state index contributed by atoms with van der Waals surface area (Å²) < 4.78 is 6.16. The lowest BCUT2D eigenvalue weighted by atomic mass is 9.98. The van der Waals surface area contributed by atoms with E-state index >= 15 is 0 Å². The Morgan fingerprint density at radius 2 is 0.679 bits per heavy atom. The highest BCUT2D eigenvalue weighted by Gasteiger charge is 2.15. The van der Waals surface area contributed by atoms with Gasteiger partial charge in [0, 0.05) is 28.0 Å². The molecule has 0 unspecified atom stereocenters. The Morgan fingerprint density at radius 3 is 1.29 bits per heavy atom. The van der Waals surface area contributed by atoms with E-state index in [1.165, 1.54) is 49.7 Å². The molecule has 0 aliphatic rings. The maximum Gasteiger partial charge on any atom is 0.135 e. The number of nitrogens with zero attached hydrogens (tertiary/aromatic N) is 1. The first-order valence-corrected chi connectivity index (χ1v) is 19.1. The van der Waals surface area contributed by atoms with E-state index in [-0.39, 0.29) is 0 Å². The summed E-state index contributed by atoms with van der Waals surface area (Å²) in [6.07, 6.45) is 0. The van der Waals surface area contributed by atoms with Crippen LogP contribution < -0.4 is 4.90 Å². The maximum atomic E-state index is 6.16. The molecule has 0 atom stereocenters. The third kappa shape index (κ3) is 6.55. The van der Waals surface area contributed by atoms with Gasteiger partial charge in [0.15, 0.2) is 0 Å². The van der Waals surface area contributed by atoms with Gasteiger partial charge in [-0.1, -0.05) is 164 Å². The second-order valence-corrected chi connectivity index (χ2v) is 14.2. The van der Waals surface area contributed by atoms with E-state index in [2.05, 4.69) is 211 Å². The third-order valence-corrected chi connectivity index (χ3v) is 10.7. The number of hydrogen-bond donors (Lipinski definition) is 0. The number of fused-ring (bicyclic) bond motifs is 2. The highest BCUT2D eigenvalue weighted by molar-refractivity contribution is 5.90. The summed E-state index contributed by atoms with van der Waals surface area (Å²) >= 11 is 0. The maximum absolute atomic E-state index is 6.16. The van der Waals surface area contributed by atoms with Gasteiger partial charge in [-0.15, -0.1) is 0 Å². The van der Waals surface area contributed by atoms with Crippen LogP contribution in [0.2, 0.25) is 0 Å².